The van der Waals surface area contributed by atoms with Crippen molar-refractivity contribution in [1.82, 2.24) is 10.2 Å². The van der Waals surface area contributed by atoms with Gasteiger partial charge in [-0.1, -0.05) is 24.3 Å². The van der Waals surface area contributed by atoms with Gasteiger partial charge in [0.25, 0.3) is 0 Å². The first-order valence-electron chi connectivity index (χ1n) is 8.96. The second-order valence-electron chi connectivity index (χ2n) is 6.40. The Morgan fingerprint density at radius 2 is 1.62 bits per heavy atom. The van der Waals surface area contributed by atoms with Gasteiger partial charge in [0, 0.05) is 11.1 Å². The Balaban J connectivity index is 1.35. The monoisotopic (exact) mass is 450 g/mol. The Hall–Kier alpha value is -3.32. The van der Waals surface area contributed by atoms with Gasteiger partial charge >= 0.3 is 0 Å². The zero-order valence-corrected chi connectivity index (χ0v) is 16.8. The molecule has 5 rings (SSSR count). The molecule has 0 fully saturated rings. The third-order valence-corrected chi connectivity index (χ3v) is 5.10. The molecule has 1 aromatic heterocycles. The van der Waals surface area contributed by atoms with E-state index in [1.54, 1.807) is 0 Å². The fourth-order valence-electron chi connectivity index (χ4n) is 3.00. The third-order valence-electron chi connectivity index (χ3n) is 4.45. The average molecular weight is 451 g/mol. The summed E-state index contributed by atoms with van der Waals surface area (Å²) in [6, 6.07) is 21.1. The molecule has 0 unspecified atom stereocenters. The maximum atomic E-state index is 5.89. The van der Waals surface area contributed by atoms with E-state index < -0.39 is 0 Å². The maximum Gasteiger partial charge on any atom is 0.248 e. The molecule has 0 radical (unpaired) electrons. The molecule has 4 aromatic rings. The van der Waals surface area contributed by atoms with Gasteiger partial charge in [-0.25, -0.2) is 0 Å². The van der Waals surface area contributed by atoms with Gasteiger partial charge in [-0.05, 0) is 64.0 Å². The van der Waals surface area contributed by atoms with Crippen LogP contribution in [0.25, 0.3) is 22.9 Å². The summed E-state index contributed by atoms with van der Waals surface area (Å²) in [5.74, 6) is 3.05. The van der Waals surface area contributed by atoms with Gasteiger partial charge in [-0.3, -0.25) is 0 Å². The van der Waals surface area contributed by atoms with E-state index in [-0.39, 0.29) is 6.79 Å². The number of nitrogens with zero attached hydrogens (tertiary/aromatic N) is 2. The van der Waals surface area contributed by atoms with E-state index in [1.807, 2.05) is 66.7 Å². The van der Waals surface area contributed by atoms with Crippen molar-refractivity contribution in [2.24, 2.45) is 0 Å². The Bertz CT molecular complexity index is 1170. The molecule has 0 amide bonds. The van der Waals surface area contributed by atoms with Crippen molar-refractivity contribution in [1.29, 1.82) is 0 Å². The Morgan fingerprint density at radius 3 is 2.48 bits per heavy atom. The standard InChI is InChI=1S/C22H15BrN2O4/c23-17-6-1-2-7-18(17)26-12-14-4-3-5-15(10-14)21-24-25-22(29-21)16-8-9-19-20(11-16)28-13-27-19/h1-11H,12-13H2. The molecule has 0 aliphatic carbocycles. The molecule has 0 atom stereocenters. The zero-order valence-electron chi connectivity index (χ0n) is 15.2. The molecule has 0 bridgehead atoms. The summed E-state index contributed by atoms with van der Waals surface area (Å²) in [5, 5.41) is 8.37. The quantitative estimate of drug-likeness (QED) is 0.401. The van der Waals surface area contributed by atoms with Crippen LogP contribution in [0.3, 0.4) is 0 Å². The second-order valence-corrected chi connectivity index (χ2v) is 7.25. The first-order chi connectivity index (χ1) is 14.3. The molecule has 0 N–H and O–H groups in total. The highest BCUT2D eigenvalue weighted by atomic mass is 79.9. The molecular formula is C22H15BrN2O4. The summed E-state index contributed by atoms with van der Waals surface area (Å²) < 4.78 is 23.4. The van der Waals surface area contributed by atoms with E-state index in [1.165, 1.54) is 0 Å². The minimum Gasteiger partial charge on any atom is -0.488 e. The van der Waals surface area contributed by atoms with E-state index in [0.29, 0.717) is 29.9 Å². The van der Waals surface area contributed by atoms with Crippen molar-refractivity contribution < 1.29 is 18.6 Å². The Kier molecular flexibility index (Phi) is 4.65. The summed E-state index contributed by atoms with van der Waals surface area (Å²) in [6.07, 6.45) is 0. The molecule has 1 aliphatic rings. The van der Waals surface area contributed by atoms with E-state index >= 15 is 0 Å². The molecular weight excluding hydrogens is 436 g/mol. The normalized spacial score (nSPS) is 12.2. The lowest BCUT2D eigenvalue weighted by Crippen LogP contribution is -1.96. The van der Waals surface area contributed by atoms with Gasteiger partial charge < -0.3 is 18.6 Å². The zero-order chi connectivity index (χ0) is 19.6. The summed E-state index contributed by atoms with van der Waals surface area (Å²) in [7, 11) is 0. The van der Waals surface area contributed by atoms with Crippen LogP contribution in [0.5, 0.6) is 17.2 Å². The summed E-state index contributed by atoms with van der Waals surface area (Å²) in [5.41, 5.74) is 2.61. The molecule has 6 nitrogen and oxygen atoms in total. The lowest BCUT2D eigenvalue weighted by Gasteiger charge is -2.08. The number of rotatable bonds is 5. The van der Waals surface area contributed by atoms with Crippen molar-refractivity contribution in [2.45, 2.75) is 6.61 Å². The molecule has 3 aromatic carbocycles. The van der Waals surface area contributed by atoms with Crippen molar-refractivity contribution in [3.05, 3.63) is 76.8 Å². The van der Waals surface area contributed by atoms with Crippen LogP contribution in [0.2, 0.25) is 0 Å². The molecule has 2 heterocycles. The van der Waals surface area contributed by atoms with Crippen molar-refractivity contribution in [3.8, 4) is 40.2 Å². The van der Waals surface area contributed by atoms with Crippen molar-refractivity contribution in [3.63, 3.8) is 0 Å². The number of halogens is 1. The number of fused-ring (bicyclic) bond motifs is 1. The second kappa shape index (κ2) is 7.60. The van der Waals surface area contributed by atoms with Crippen LogP contribution in [0.4, 0.5) is 0 Å². The average Bonchev–Trinajstić information content (AvgIpc) is 3.42. The smallest absolute Gasteiger partial charge is 0.248 e. The minimum atomic E-state index is 0.224. The molecule has 0 spiro atoms. The SMILES string of the molecule is Brc1ccccc1OCc1cccc(-c2nnc(-c3ccc4c(c3)OCO4)o2)c1. The highest BCUT2D eigenvalue weighted by Crippen LogP contribution is 2.36. The molecule has 144 valence electrons. The largest absolute Gasteiger partial charge is 0.488 e. The van der Waals surface area contributed by atoms with Crippen LogP contribution < -0.4 is 14.2 Å². The number of hydrogen-bond acceptors (Lipinski definition) is 6. The highest BCUT2D eigenvalue weighted by molar-refractivity contribution is 9.10. The fourth-order valence-corrected chi connectivity index (χ4v) is 3.40. The van der Waals surface area contributed by atoms with E-state index in [4.69, 9.17) is 18.6 Å². The third kappa shape index (κ3) is 3.69. The van der Waals surface area contributed by atoms with Gasteiger partial charge in [0.1, 0.15) is 12.4 Å². The number of ether oxygens (including phenoxy) is 3. The van der Waals surface area contributed by atoms with E-state index in [9.17, 15) is 0 Å². The van der Waals surface area contributed by atoms with Gasteiger partial charge in [-0.15, -0.1) is 10.2 Å². The van der Waals surface area contributed by atoms with E-state index in [0.717, 1.165) is 26.9 Å². The van der Waals surface area contributed by atoms with Crippen LogP contribution in [0, 0.1) is 0 Å². The predicted molar refractivity (Wildman–Crippen MR) is 110 cm³/mol. The number of para-hydroxylation sites is 1. The summed E-state index contributed by atoms with van der Waals surface area (Å²) in [6.45, 7) is 0.655. The molecule has 7 heteroatoms. The topological polar surface area (TPSA) is 66.6 Å². The fraction of sp³-hybridized carbons (Fsp3) is 0.0909. The highest BCUT2D eigenvalue weighted by Gasteiger charge is 2.17. The van der Waals surface area contributed by atoms with Gasteiger partial charge in [-0.2, -0.15) is 0 Å². The molecule has 29 heavy (non-hydrogen) atoms. The Labute approximate surface area is 175 Å². The van der Waals surface area contributed by atoms with Crippen molar-refractivity contribution in [2.75, 3.05) is 6.79 Å². The molecule has 0 saturated carbocycles. The van der Waals surface area contributed by atoms with Crippen LogP contribution in [0.1, 0.15) is 5.56 Å². The minimum absolute atomic E-state index is 0.224. The van der Waals surface area contributed by atoms with Crippen LogP contribution >= 0.6 is 15.9 Å². The van der Waals surface area contributed by atoms with E-state index in [2.05, 4.69) is 26.1 Å². The lowest BCUT2D eigenvalue weighted by molar-refractivity contribution is 0.174. The predicted octanol–water partition coefficient (Wildman–Crippen LogP) is 5.47. The number of hydrogen-bond donors (Lipinski definition) is 0. The van der Waals surface area contributed by atoms with Crippen LogP contribution in [0.15, 0.2) is 75.6 Å². The van der Waals surface area contributed by atoms with Crippen molar-refractivity contribution >= 4 is 15.9 Å². The van der Waals surface area contributed by atoms with Crippen LogP contribution in [-0.2, 0) is 6.61 Å². The maximum absolute atomic E-state index is 5.89. The van der Waals surface area contributed by atoms with Crippen LogP contribution in [-0.4, -0.2) is 17.0 Å². The van der Waals surface area contributed by atoms with Gasteiger partial charge in [0.2, 0.25) is 18.6 Å². The first kappa shape index (κ1) is 17.8. The molecule has 0 saturated heterocycles. The first-order valence-corrected chi connectivity index (χ1v) is 9.76. The lowest BCUT2D eigenvalue weighted by atomic mass is 10.1. The number of aromatic nitrogens is 2. The van der Waals surface area contributed by atoms with Gasteiger partial charge in [0.15, 0.2) is 11.5 Å². The number of benzene rings is 3. The Morgan fingerprint density at radius 1 is 0.828 bits per heavy atom. The summed E-state index contributed by atoms with van der Waals surface area (Å²) in [4.78, 5) is 0. The molecule has 1 aliphatic heterocycles. The van der Waals surface area contributed by atoms with Gasteiger partial charge in [0.05, 0.1) is 4.47 Å². The summed E-state index contributed by atoms with van der Waals surface area (Å²) >= 11 is 3.49.